The van der Waals surface area contributed by atoms with Gasteiger partial charge in [-0.3, -0.25) is 4.79 Å². The van der Waals surface area contributed by atoms with Crippen LogP contribution in [0.15, 0.2) is 42.5 Å². The minimum Gasteiger partial charge on any atom is -0.493 e. The van der Waals surface area contributed by atoms with Gasteiger partial charge in [0.1, 0.15) is 5.82 Å². The van der Waals surface area contributed by atoms with Crippen molar-refractivity contribution < 1.29 is 28.5 Å². The monoisotopic (exact) mass is 532 g/mol. The number of ether oxygens (including phenoxy) is 3. The Bertz CT molecular complexity index is 997. The molecule has 0 radical (unpaired) electrons. The third-order valence-electron chi connectivity index (χ3n) is 7.09. The van der Waals surface area contributed by atoms with E-state index in [-0.39, 0.29) is 24.2 Å². The summed E-state index contributed by atoms with van der Waals surface area (Å²) in [6.07, 6.45) is 1.23. The number of carbonyl (C=O) groups excluding carboxylic acids is 1. The lowest BCUT2D eigenvalue weighted by atomic mass is 9.82. The van der Waals surface area contributed by atoms with Gasteiger partial charge in [-0.2, -0.15) is 0 Å². The standard InChI is InChI=1S/C30H45FN2O5/c1-20(2)22(16-21-8-13-27(37-6)28(17-21)38-15-7-14-36-5)18-25(32)26(34)19-33-29(35)30(3,4)23-9-11-24(31)12-10-23/h8-13,17,20,22,25-26,34H,7,14-16,18-19,32H2,1-6H3,(H,33,35)/t22-,25?,26?/m0/s1. The van der Waals surface area contributed by atoms with Gasteiger partial charge in [0.15, 0.2) is 11.5 Å². The summed E-state index contributed by atoms with van der Waals surface area (Å²) in [4.78, 5) is 12.9. The molecule has 0 fully saturated rings. The lowest BCUT2D eigenvalue weighted by Gasteiger charge is -2.29. The van der Waals surface area contributed by atoms with Crippen molar-refractivity contribution in [3.63, 3.8) is 0 Å². The molecule has 0 bridgehead atoms. The van der Waals surface area contributed by atoms with Crippen LogP contribution in [0.25, 0.3) is 0 Å². The Morgan fingerprint density at radius 3 is 2.37 bits per heavy atom. The van der Waals surface area contributed by atoms with E-state index in [1.807, 2.05) is 18.2 Å². The highest BCUT2D eigenvalue weighted by molar-refractivity contribution is 5.87. The van der Waals surface area contributed by atoms with Crippen LogP contribution >= 0.6 is 0 Å². The lowest BCUT2D eigenvalue weighted by Crippen LogP contribution is -2.48. The second kappa shape index (κ2) is 15.0. The fourth-order valence-electron chi connectivity index (χ4n) is 4.31. The lowest BCUT2D eigenvalue weighted by molar-refractivity contribution is -0.126. The zero-order valence-electron chi connectivity index (χ0n) is 23.6. The van der Waals surface area contributed by atoms with E-state index in [0.29, 0.717) is 42.6 Å². The first-order valence-corrected chi connectivity index (χ1v) is 13.3. The average molecular weight is 533 g/mol. The topological polar surface area (TPSA) is 103 Å². The molecule has 4 N–H and O–H groups in total. The number of aliphatic hydroxyl groups is 1. The number of rotatable bonds is 16. The van der Waals surface area contributed by atoms with Crippen LogP contribution in [0.3, 0.4) is 0 Å². The van der Waals surface area contributed by atoms with Gasteiger partial charge in [-0.05, 0) is 73.9 Å². The van der Waals surface area contributed by atoms with Gasteiger partial charge in [-0.1, -0.05) is 32.0 Å². The molecule has 0 aliphatic rings. The zero-order valence-corrected chi connectivity index (χ0v) is 23.6. The summed E-state index contributed by atoms with van der Waals surface area (Å²) >= 11 is 0. The van der Waals surface area contributed by atoms with Crippen molar-refractivity contribution in [3.8, 4) is 11.5 Å². The second-order valence-corrected chi connectivity index (χ2v) is 10.7. The average Bonchev–Trinajstić information content (AvgIpc) is 2.89. The second-order valence-electron chi connectivity index (χ2n) is 10.7. The molecule has 38 heavy (non-hydrogen) atoms. The molecule has 0 aliphatic heterocycles. The molecule has 212 valence electrons. The quantitative estimate of drug-likeness (QED) is 0.280. The van der Waals surface area contributed by atoms with Crippen molar-refractivity contribution in [1.82, 2.24) is 5.32 Å². The molecular weight excluding hydrogens is 487 g/mol. The molecule has 7 nitrogen and oxygen atoms in total. The van der Waals surface area contributed by atoms with E-state index < -0.39 is 17.6 Å². The number of hydrogen-bond acceptors (Lipinski definition) is 6. The van der Waals surface area contributed by atoms with Gasteiger partial charge >= 0.3 is 0 Å². The Kier molecular flexibility index (Phi) is 12.5. The zero-order chi connectivity index (χ0) is 28.3. The third-order valence-corrected chi connectivity index (χ3v) is 7.09. The molecule has 0 spiro atoms. The third kappa shape index (κ3) is 9.26. The Hall–Kier alpha value is -2.68. The molecule has 0 heterocycles. The summed E-state index contributed by atoms with van der Waals surface area (Å²) in [6.45, 7) is 9.01. The fourth-order valence-corrected chi connectivity index (χ4v) is 4.31. The van der Waals surface area contributed by atoms with Crippen LogP contribution in [0.1, 0.15) is 51.7 Å². The Balaban J connectivity index is 1.98. The number of nitrogens with one attached hydrogen (secondary N) is 1. The Morgan fingerprint density at radius 2 is 1.76 bits per heavy atom. The van der Waals surface area contributed by atoms with Crippen LogP contribution in [0.5, 0.6) is 11.5 Å². The maximum atomic E-state index is 13.3. The number of aliphatic hydroxyl groups excluding tert-OH is 1. The summed E-state index contributed by atoms with van der Waals surface area (Å²) < 4.78 is 29.7. The van der Waals surface area contributed by atoms with E-state index in [0.717, 1.165) is 18.4 Å². The van der Waals surface area contributed by atoms with Crippen LogP contribution in [-0.4, -0.2) is 57.1 Å². The highest BCUT2D eigenvalue weighted by Gasteiger charge is 2.31. The summed E-state index contributed by atoms with van der Waals surface area (Å²) in [5.74, 6) is 1.30. The molecule has 2 rings (SSSR count). The van der Waals surface area contributed by atoms with Crippen LogP contribution < -0.4 is 20.5 Å². The summed E-state index contributed by atoms with van der Waals surface area (Å²) in [5, 5.41) is 13.6. The summed E-state index contributed by atoms with van der Waals surface area (Å²) in [6, 6.07) is 11.3. The SMILES string of the molecule is COCCCOc1cc(C[C@@H](CC(N)C(O)CNC(=O)C(C)(C)c2ccc(F)cc2)C(C)C)ccc1OC. The van der Waals surface area contributed by atoms with E-state index in [1.165, 1.54) is 12.1 Å². The van der Waals surface area contributed by atoms with Crippen LogP contribution in [0.2, 0.25) is 0 Å². The van der Waals surface area contributed by atoms with Crippen molar-refractivity contribution in [1.29, 1.82) is 0 Å². The highest BCUT2D eigenvalue weighted by atomic mass is 19.1. The molecule has 0 saturated carbocycles. The predicted molar refractivity (Wildman–Crippen MR) is 148 cm³/mol. The van der Waals surface area contributed by atoms with Gasteiger partial charge in [0, 0.05) is 32.7 Å². The maximum Gasteiger partial charge on any atom is 0.230 e. The minimum atomic E-state index is -0.903. The molecule has 2 unspecified atom stereocenters. The van der Waals surface area contributed by atoms with E-state index >= 15 is 0 Å². The van der Waals surface area contributed by atoms with Crippen LogP contribution in [0.4, 0.5) is 4.39 Å². The number of amides is 1. The van der Waals surface area contributed by atoms with E-state index in [1.54, 1.807) is 40.2 Å². The van der Waals surface area contributed by atoms with Crippen molar-refractivity contribution in [2.75, 3.05) is 34.0 Å². The number of nitrogens with two attached hydrogens (primary N) is 1. The number of hydrogen-bond donors (Lipinski definition) is 3. The minimum absolute atomic E-state index is 0.0391. The summed E-state index contributed by atoms with van der Waals surface area (Å²) in [7, 11) is 3.28. The maximum absolute atomic E-state index is 13.3. The molecule has 0 saturated heterocycles. The van der Waals surface area contributed by atoms with Crippen molar-refractivity contribution in [3.05, 3.63) is 59.4 Å². The molecule has 0 aromatic heterocycles. The molecule has 2 aromatic rings. The Morgan fingerprint density at radius 1 is 1.08 bits per heavy atom. The van der Waals surface area contributed by atoms with Gasteiger partial charge in [0.2, 0.25) is 5.91 Å². The predicted octanol–water partition coefficient (Wildman–Crippen LogP) is 4.24. The van der Waals surface area contributed by atoms with Gasteiger partial charge in [-0.15, -0.1) is 0 Å². The molecule has 2 aromatic carbocycles. The highest BCUT2D eigenvalue weighted by Crippen LogP contribution is 2.31. The van der Waals surface area contributed by atoms with E-state index in [2.05, 4.69) is 19.2 Å². The van der Waals surface area contributed by atoms with Gasteiger partial charge in [0.05, 0.1) is 25.2 Å². The van der Waals surface area contributed by atoms with E-state index in [9.17, 15) is 14.3 Å². The molecule has 0 aliphatic carbocycles. The number of halogens is 1. The first kappa shape index (κ1) is 31.5. The van der Waals surface area contributed by atoms with Gasteiger partial charge < -0.3 is 30.4 Å². The first-order chi connectivity index (χ1) is 18.0. The largest absolute Gasteiger partial charge is 0.493 e. The fraction of sp³-hybridized carbons (Fsp3) is 0.567. The first-order valence-electron chi connectivity index (χ1n) is 13.3. The number of methoxy groups -OCH3 is 2. The molecule has 3 atom stereocenters. The smallest absolute Gasteiger partial charge is 0.230 e. The van der Waals surface area contributed by atoms with E-state index in [4.69, 9.17) is 19.9 Å². The molecule has 8 heteroatoms. The molecular formula is C30H45FN2O5. The Labute approximate surface area is 226 Å². The number of carbonyl (C=O) groups is 1. The number of benzene rings is 2. The van der Waals surface area contributed by atoms with Crippen molar-refractivity contribution in [2.45, 2.75) is 64.5 Å². The van der Waals surface area contributed by atoms with Gasteiger partial charge in [-0.25, -0.2) is 4.39 Å². The van der Waals surface area contributed by atoms with Gasteiger partial charge in [0.25, 0.3) is 0 Å². The van der Waals surface area contributed by atoms with Crippen molar-refractivity contribution >= 4 is 5.91 Å². The van der Waals surface area contributed by atoms with Crippen molar-refractivity contribution in [2.24, 2.45) is 17.6 Å². The molecule has 1 amide bonds. The summed E-state index contributed by atoms with van der Waals surface area (Å²) in [5.41, 5.74) is 7.31. The normalized spacial score (nSPS) is 14.2. The van der Waals surface area contributed by atoms with Crippen LogP contribution in [0, 0.1) is 17.7 Å². The van der Waals surface area contributed by atoms with Crippen LogP contribution in [-0.2, 0) is 21.4 Å².